The number of aromatic nitrogens is 2. The minimum absolute atomic E-state index is 0.206. The van der Waals surface area contributed by atoms with E-state index in [1.165, 1.54) is 15.5 Å². The smallest absolute Gasteiger partial charge is 0.411 e. The van der Waals surface area contributed by atoms with E-state index in [0.29, 0.717) is 42.6 Å². The zero-order valence-corrected chi connectivity index (χ0v) is 18.9. The molecular weight excluding hydrogens is 422 g/mol. The fourth-order valence-corrected chi connectivity index (χ4v) is 4.09. The molecule has 1 aliphatic heterocycles. The third-order valence-corrected chi connectivity index (χ3v) is 6.94. The number of nitrogens with zero attached hydrogens (tertiary/aromatic N) is 5. The molecule has 0 spiro atoms. The predicted molar refractivity (Wildman–Crippen MR) is 116 cm³/mol. The zero-order valence-electron chi connectivity index (χ0n) is 18.1. The summed E-state index contributed by atoms with van der Waals surface area (Å²) in [5.74, 6) is 0.988. The van der Waals surface area contributed by atoms with E-state index in [1.807, 2.05) is 6.07 Å². The van der Waals surface area contributed by atoms with E-state index in [1.54, 1.807) is 32.2 Å². The van der Waals surface area contributed by atoms with Crippen molar-refractivity contribution in [2.24, 2.45) is 5.92 Å². The van der Waals surface area contributed by atoms with Crippen LogP contribution in [-0.2, 0) is 10.0 Å². The molecule has 0 radical (unpaired) electrons. The van der Waals surface area contributed by atoms with Gasteiger partial charge >= 0.3 is 6.09 Å². The van der Waals surface area contributed by atoms with Crippen molar-refractivity contribution in [2.45, 2.75) is 19.8 Å². The van der Waals surface area contributed by atoms with Crippen LogP contribution in [0, 0.1) is 12.8 Å². The molecule has 1 N–H and O–H groups in total. The fraction of sp³-hybridized carbons (Fsp3) is 0.550. The lowest BCUT2D eigenvalue weighted by Gasteiger charge is -2.35. The van der Waals surface area contributed by atoms with Crippen molar-refractivity contribution in [1.82, 2.24) is 19.3 Å². The number of aryl methyl sites for hydroxylation is 1. The molecule has 10 nitrogen and oxygen atoms in total. The topological polar surface area (TPSA) is 120 Å². The van der Waals surface area contributed by atoms with Crippen molar-refractivity contribution < 1.29 is 22.8 Å². The number of piperidine rings is 1. The van der Waals surface area contributed by atoms with Gasteiger partial charge in [0.1, 0.15) is 0 Å². The normalized spacial score (nSPS) is 16.0. The number of carboxylic acid groups (broad SMARTS) is 1. The third kappa shape index (κ3) is 6.02. The second kappa shape index (κ2) is 9.75. The summed E-state index contributed by atoms with van der Waals surface area (Å²) in [6.07, 6.45) is 1.86. The summed E-state index contributed by atoms with van der Waals surface area (Å²) in [4.78, 5) is 19.9. The van der Waals surface area contributed by atoms with E-state index in [0.717, 1.165) is 25.9 Å². The van der Waals surface area contributed by atoms with Crippen molar-refractivity contribution in [1.29, 1.82) is 0 Å². The van der Waals surface area contributed by atoms with Gasteiger partial charge in [0.05, 0.1) is 17.5 Å². The van der Waals surface area contributed by atoms with Crippen LogP contribution in [0.3, 0.4) is 0 Å². The molecule has 1 aromatic heterocycles. The molecule has 1 fully saturated rings. The molecule has 0 unspecified atom stereocenters. The first-order valence-corrected chi connectivity index (χ1v) is 12.0. The van der Waals surface area contributed by atoms with E-state index >= 15 is 0 Å². The zero-order chi connectivity index (χ0) is 22.6. The van der Waals surface area contributed by atoms with Gasteiger partial charge < -0.3 is 14.5 Å². The summed E-state index contributed by atoms with van der Waals surface area (Å²) in [6, 6.07) is 7.13. The van der Waals surface area contributed by atoms with Crippen LogP contribution in [0.1, 0.15) is 18.7 Å². The van der Waals surface area contributed by atoms with Crippen LogP contribution in [0.25, 0.3) is 11.5 Å². The molecule has 31 heavy (non-hydrogen) atoms. The van der Waals surface area contributed by atoms with Crippen LogP contribution in [0.15, 0.2) is 28.8 Å². The number of hydrogen-bond acceptors (Lipinski definition) is 7. The summed E-state index contributed by atoms with van der Waals surface area (Å²) in [5.41, 5.74) is 1.11. The number of hydrogen-bond donors (Lipinski definition) is 1. The van der Waals surface area contributed by atoms with Gasteiger partial charge in [0, 0.05) is 26.7 Å². The molecule has 0 bridgehead atoms. The van der Waals surface area contributed by atoms with Gasteiger partial charge in [-0.05, 0) is 50.9 Å². The lowest BCUT2D eigenvalue weighted by molar-refractivity contribution is 0.174. The standard InChI is InChI=1S/C20H29N5O5S/c1-15-21-19(30-22-15)17-6-4-5-7-18(17)25(20(26)27)14-16-8-10-24(11-9-16)13-12-23(2)31(3,28)29/h4-7,16H,8-14H2,1-3H3,(H,26,27). The summed E-state index contributed by atoms with van der Waals surface area (Å²) >= 11 is 0. The number of benzene rings is 1. The third-order valence-electron chi connectivity index (χ3n) is 5.63. The molecule has 1 amide bonds. The largest absolute Gasteiger partial charge is 0.465 e. The number of sulfonamides is 1. The maximum Gasteiger partial charge on any atom is 0.411 e. The molecule has 11 heteroatoms. The molecule has 1 aliphatic rings. The molecular formula is C20H29N5O5S. The van der Waals surface area contributed by atoms with Crippen molar-refractivity contribution in [3.05, 3.63) is 30.1 Å². The number of amides is 1. The average Bonchev–Trinajstić information content (AvgIpc) is 3.16. The quantitative estimate of drug-likeness (QED) is 0.648. The second-order valence-electron chi connectivity index (χ2n) is 7.93. The molecule has 0 aliphatic carbocycles. The Balaban J connectivity index is 1.64. The van der Waals surface area contributed by atoms with Gasteiger partial charge in [-0.3, -0.25) is 4.90 Å². The van der Waals surface area contributed by atoms with Crippen LogP contribution in [0.4, 0.5) is 10.5 Å². The summed E-state index contributed by atoms with van der Waals surface area (Å²) in [7, 11) is -1.60. The van der Waals surface area contributed by atoms with Crippen LogP contribution >= 0.6 is 0 Å². The van der Waals surface area contributed by atoms with E-state index < -0.39 is 16.1 Å². The predicted octanol–water partition coefficient (Wildman–Crippen LogP) is 2.13. The van der Waals surface area contributed by atoms with Gasteiger partial charge in [0.15, 0.2) is 5.82 Å². The average molecular weight is 452 g/mol. The van der Waals surface area contributed by atoms with Crippen molar-refractivity contribution in [3.8, 4) is 11.5 Å². The highest BCUT2D eigenvalue weighted by Gasteiger charge is 2.27. The van der Waals surface area contributed by atoms with Gasteiger partial charge in [0.25, 0.3) is 5.89 Å². The van der Waals surface area contributed by atoms with E-state index in [9.17, 15) is 18.3 Å². The Morgan fingerprint density at radius 3 is 2.55 bits per heavy atom. The Labute approximate surface area is 182 Å². The van der Waals surface area contributed by atoms with E-state index in [4.69, 9.17) is 4.52 Å². The van der Waals surface area contributed by atoms with Crippen LogP contribution < -0.4 is 4.90 Å². The monoisotopic (exact) mass is 451 g/mol. The molecule has 2 aromatic rings. The molecule has 2 heterocycles. The first-order valence-electron chi connectivity index (χ1n) is 10.2. The van der Waals surface area contributed by atoms with E-state index in [-0.39, 0.29) is 5.92 Å². The molecule has 0 saturated carbocycles. The SMILES string of the molecule is Cc1noc(-c2ccccc2N(CC2CCN(CCN(C)S(C)(=O)=O)CC2)C(=O)O)n1. The molecule has 1 aromatic carbocycles. The Kier molecular flexibility index (Phi) is 7.29. The van der Waals surface area contributed by atoms with Crippen molar-refractivity contribution in [3.63, 3.8) is 0 Å². The number of anilines is 1. The highest BCUT2D eigenvalue weighted by molar-refractivity contribution is 7.88. The van der Waals surface area contributed by atoms with Crippen molar-refractivity contribution in [2.75, 3.05) is 50.9 Å². The first-order chi connectivity index (χ1) is 14.6. The number of likely N-dealkylation sites (tertiary alicyclic amines) is 1. The lowest BCUT2D eigenvalue weighted by atomic mass is 9.95. The first kappa shape index (κ1) is 23.2. The Hall–Kier alpha value is -2.50. The van der Waals surface area contributed by atoms with Gasteiger partial charge in [-0.2, -0.15) is 4.98 Å². The van der Waals surface area contributed by atoms with Crippen LogP contribution in [0.5, 0.6) is 0 Å². The maximum absolute atomic E-state index is 12.1. The Morgan fingerprint density at radius 2 is 1.97 bits per heavy atom. The molecule has 170 valence electrons. The lowest BCUT2D eigenvalue weighted by Crippen LogP contribution is -2.43. The molecule has 0 atom stereocenters. The number of likely N-dealkylation sites (N-methyl/N-ethyl adjacent to an activating group) is 1. The van der Waals surface area contributed by atoms with Crippen LogP contribution in [-0.4, -0.2) is 85.0 Å². The van der Waals surface area contributed by atoms with Gasteiger partial charge in [-0.15, -0.1) is 0 Å². The molecule has 1 saturated heterocycles. The van der Waals surface area contributed by atoms with E-state index in [2.05, 4.69) is 15.0 Å². The number of carbonyl (C=O) groups is 1. The highest BCUT2D eigenvalue weighted by atomic mass is 32.2. The number of rotatable bonds is 8. The van der Waals surface area contributed by atoms with Crippen LogP contribution in [0.2, 0.25) is 0 Å². The Bertz CT molecular complexity index is 1000. The highest BCUT2D eigenvalue weighted by Crippen LogP contribution is 2.31. The van der Waals surface area contributed by atoms with Gasteiger partial charge in [0.2, 0.25) is 10.0 Å². The van der Waals surface area contributed by atoms with Crippen molar-refractivity contribution >= 4 is 21.8 Å². The van der Waals surface area contributed by atoms with Gasteiger partial charge in [-0.25, -0.2) is 17.5 Å². The fourth-order valence-electron chi connectivity index (χ4n) is 3.67. The minimum atomic E-state index is -3.18. The summed E-state index contributed by atoms with van der Waals surface area (Å²) < 4.78 is 29.7. The summed E-state index contributed by atoms with van der Waals surface area (Å²) in [5, 5.41) is 13.7. The number of para-hydroxylation sites is 1. The molecule has 3 rings (SSSR count). The summed E-state index contributed by atoms with van der Waals surface area (Å²) in [6.45, 7) is 4.81. The van der Waals surface area contributed by atoms with Gasteiger partial charge in [-0.1, -0.05) is 17.3 Å². The maximum atomic E-state index is 12.1. The Morgan fingerprint density at radius 1 is 1.29 bits per heavy atom. The minimum Gasteiger partial charge on any atom is -0.465 e. The second-order valence-corrected chi connectivity index (χ2v) is 10.0.